The molecule has 0 aliphatic carbocycles. The first-order valence-electron chi connectivity index (χ1n) is 7.66. The molecule has 6 heteroatoms. The third-order valence-electron chi connectivity index (χ3n) is 3.90. The number of hydrogen-bond acceptors (Lipinski definition) is 4. The lowest BCUT2D eigenvalue weighted by molar-refractivity contribution is -0.0514. The van der Waals surface area contributed by atoms with Crippen molar-refractivity contribution in [3.8, 4) is 11.5 Å². The maximum absolute atomic E-state index is 12.4. The molecular formula is C16H23F2NO3. The Bertz CT molecular complexity index is 463. The number of aliphatic hydroxyl groups is 1. The molecule has 0 unspecified atom stereocenters. The molecule has 1 aromatic rings. The van der Waals surface area contributed by atoms with Crippen LogP contribution in [-0.4, -0.2) is 42.9 Å². The Morgan fingerprint density at radius 1 is 1.27 bits per heavy atom. The molecule has 4 nitrogen and oxygen atoms in total. The monoisotopic (exact) mass is 315 g/mol. The summed E-state index contributed by atoms with van der Waals surface area (Å²) >= 11 is 0. The Kier molecular flexibility index (Phi) is 6.39. The van der Waals surface area contributed by atoms with Gasteiger partial charge in [0.2, 0.25) is 0 Å². The highest BCUT2D eigenvalue weighted by molar-refractivity contribution is 5.43. The number of piperidine rings is 1. The van der Waals surface area contributed by atoms with Crippen LogP contribution in [0.1, 0.15) is 25.3 Å². The Balaban J connectivity index is 2.00. The first-order chi connectivity index (χ1) is 10.6. The lowest BCUT2D eigenvalue weighted by atomic mass is 9.97. The molecule has 0 spiro atoms. The molecule has 0 bridgehead atoms. The van der Waals surface area contributed by atoms with Crippen LogP contribution in [0.5, 0.6) is 11.5 Å². The van der Waals surface area contributed by atoms with Gasteiger partial charge in [0.05, 0.1) is 6.61 Å². The maximum Gasteiger partial charge on any atom is 0.387 e. The molecule has 124 valence electrons. The second-order valence-electron chi connectivity index (χ2n) is 5.49. The SMILES string of the molecule is CCOc1cc(CN2CCC(CO)CC2)ccc1OC(F)F. The van der Waals surface area contributed by atoms with Gasteiger partial charge in [0.1, 0.15) is 0 Å². The van der Waals surface area contributed by atoms with Crippen molar-refractivity contribution in [3.63, 3.8) is 0 Å². The number of nitrogens with zero attached hydrogens (tertiary/aromatic N) is 1. The van der Waals surface area contributed by atoms with Gasteiger partial charge in [-0.2, -0.15) is 8.78 Å². The van der Waals surface area contributed by atoms with Crippen molar-refractivity contribution >= 4 is 0 Å². The van der Waals surface area contributed by atoms with Crippen molar-refractivity contribution in [1.29, 1.82) is 0 Å². The molecule has 1 saturated heterocycles. The molecule has 2 rings (SSSR count). The molecule has 1 aliphatic rings. The van der Waals surface area contributed by atoms with Crippen LogP contribution < -0.4 is 9.47 Å². The maximum atomic E-state index is 12.4. The van der Waals surface area contributed by atoms with Crippen molar-refractivity contribution < 1.29 is 23.4 Å². The lowest BCUT2D eigenvalue weighted by Crippen LogP contribution is -2.34. The van der Waals surface area contributed by atoms with Gasteiger partial charge in [-0.05, 0) is 56.5 Å². The predicted molar refractivity (Wildman–Crippen MR) is 79.3 cm³/mol. The van der Waals surface area contributed by atoms with Gasteiger partial charge in [0.25, 0.3) is 0 Å². The summed E-state index contributed by atoms with van der Waals surface area (Å²) < 4.78 is 34.6. The van der Waals surface area contributed by atoms with Crippen molar-refractivity contribution in [3.05, 3.63) is 23.8 Å². The van der Waals surface area contributed by atoms with Crippen molar-refractivity contribution in [1.82, 2.24) is 4.90 Å². The zero-order valence-electron chi connectivity index (χ0n) is 12.8. The van der Waals surface area contributed by atoms with Crippen molar-refractivity contribution in [2.24, 2.45) is 5.92 Å². The van der Waals surface area contributed by atoms with E-state index < -0.39 is 6.61 Å². The second kappa shape index (κ2) is 8.29. The minimum Gasteiger partial charge on any atom is -0.490 e. The van der Waals surface area contributed by atoms with Gasteiger partial charge in [-0.25, -0.2) is 0 Å². The lowest BCUT2D eigenvalue weighted by Gasteiger charge is -2.31. The highest BCUT2D eigenvalue weighted by atomic mass is 19.3. The van der Waals surface area contributed by atoms with Crippen molar-refractivity contribution in [2.45, 2.75) is 32.9 Å². The van der Waals surface area contributed by atoms with Gasteiger partial charge >= 0.3 is 6.61 Å². The Hall–Kier alpha value is -1.40. The zero-order valence-corrected chi connectivity index (χ0v) is 12.8. The third-order valence-corrected chi connectivity index (χ3v) is 3.90. The quantitative estimate of drug-likeness (QED) is 0.840. The number of aliphatic hydroxyl groups excluding tert-OH is 1. The highest BCUT2D eigenvalue weighted by Crippen LogP contribution is 2.30. The molecule has 0 atom stereocenters. The summed E-state index contributed by atoms with van der Waals surface area (Å²) in [6.07, 6.45) is 1.97. The van der Waals surface area contributed by atoms with E-state index in [1.165, 1.54) is 6.07 Å². The predicted octanol–water partition coefficient (Wildman–Crippen LogP) is 2.89. The van der Waals surface area contributed by atoms with E-state index >= 15 is 0 Å². The minimum atomic E-state index is -2.86. The third kappa shape index (κ3) is 4.81. The van der Waals surface area contributed by atoms with E-state index in [1.807, 2.05) is 0 Å². The standard InChI is InChI=1S/C16H23F2NO3/c1-2-21-15-9-13(3-4-14(15)22-16(17)18)10-19-7-5-12(11-20)6-8-19/h3-4,9,12,16,20H,2,5-8,10-11H2,1H3. The fourth-order valence-corrected chi connectivity index (χ4v) is 2.70. The van der Waals surface area contributed by atoms with Crippen LogP contribution in [0.15, 0.2) is 18.2 Å². The first kappa shape index (κ1) is 17.0. The summed E-state index contributed by atoms with van der Waals surface area (Å²) in [5.74, 6) is 0.821. The molecule has 1 aromatic carbocycles. The van der Waals surface area contributed by atoms with Gasteiger partial charge in [-0.1, -0.05) is 6.07 Å². The molecule has 1 N–H and O–H groups in total. The van der Waals surface area contributed by atoms with Gasteiger partial charge < -0.3 is 14.6 Å². The summed E-state index contributed by atoms with van der Waals surface area (Å²) in [4.78, 5) is 2.30. The summed E-state index contributed by atoms with van der Waals surface area (Å²) in [5.41, 5.74) is 1.01. The van der Waals surface area contributed by atoms with E-state index in [0.29, 0.717) is 18.3 Å². The smallest absolute Gasteiger partial charge is 0.387 e. The Morgan fingerprint density at radius 3 is 2.59 bits per heavy atom. The molecule has 0 radical (unpaired) electrons. The van der Waals surface area contributed by atoms with E-state index in [-0.39, 0.29) is 12.4 Å². The number of rotatable bonds is 7. The van der Waals surface area contributed by atoms with E-state index in [4.69, 9.17) is 9.84 Å². The topological polar surface area (TPSA) is 41.9 Å². The van der Waals surface area contributed by atoms with Crippen LogP contribution in [0.2, 0.25) is 0 Å². The van der Waals surface area contributed by atoms with Gasteiger partial charge in [-0.3, -0.25) is 4.90 Å². The van der Waals surface area contributed by atoms with Gasteiger partial charge in [0.15, 0.2) is 11.5 Å². The molecule has 22 heavy (non-hydrogen) atoms. The number of halogens is 2. The van der Waals surface area contributed by atoms with Crippen LogP contribution in [0, 0.1) is 5.92 Å². The largest absolute Gasteiger partial charge is 0.490 e. The minimum absolute atomic E-state index is 0.0691. The summed E-state index contributed by atoms with van der Waals surface area (Å²) in [6, 6.07) is 5.09. The average molecular weight is 315 g/mol. The number of likely N-dealkylation sites (tertiary alicyclic amines) is 1. The molecule has 0 saturated carbocycles. The molecule has 1 fully saturated rings. The van der Waals surface area contributed by atoms with E-state index in [2.05, 4.69) is 9.64 Å². The van der Waals surface area contributed by atoms with Crippen LogP contribution in [0.25, 0.3) is 0 Å². The summed E-state index contributed by atoms with van der Waals surface area (Å²) in [5, 5.41) is 9.15. The zero-order chi connectivity index (χ0) is 15.9. The average Bonchev–Trinajstić information content (AvgIpc) is 2.50. The van der Waals surface area contributed by atoms with E-state index in [0.717, 1.165) is 38.0 Å². The number of hydrogen-bond donors (Lipinski definition) is 1. The molecule has 1 aliphatic heterocycles. The number of benzene rings is 1. The Morgan fingerprint density at radius 2 is 2.00 bits per heavy atom. The molecule has 0 aromatic heterocycles. The first-order valence-corrected chi connectivity index (χ1v) is 7.66. The van der Waals surface area contributed by atoms with Crippen LogP contribution in [0.3, 0.4) is 0 Å². The van der Waals surface area contributed by atoms with Crippen LogP contribution >= 0.6 is 0 Å². The second-order valence-corrected chi connectivity index (χ2v) is 5.49. The summed E-state index contributed by atoms with van der Waals surface area (Å²) in [7, 11) is 0. The van der Waals surface area contributed by atoms with Crippen LogP contribution in [0.4, 0.5) is 8.78 Å². The van der Waals surface area contributed by atoms with E-state index in [1.54, 1.807) is 19.1 Å². The van der Waals surface area contributed by atoms with Gasteiger partial charge in [-0.15, -0.1) is 0 Å². The van der Waals surface area contributed by atoms with Crippen molar-refractivity contribution in [2.75, 3.05) is 26.3 Å². The summed E-state index contributed by atoms with van der Waals surface area (Å²) in [6.45, 7) is 2.20. The fourth-order valence-electron chi connectivity index (χ4n) is 2.70. The number of alkyl halides is 2. The number of ether oxygens (including phenoxy) is 2. The van der Waals surface area contributed by atoms with E-state index in [9.17, 15) is 8.78 Å². The fraction of sp³-hybridized carbons (Fsp3) is 0.625. The van der Waals surface area contributed by atoms with Crippen LogP contribution in [-0.2, 0) is 6.54 Å². The molecular weight excluding hydrogens is 292 g/mol. The highest BCUT2D eigenvalue weighted by Gasteiger charge is 2.19. The molecule has 1 heterocycles. The Labute approximate surface area is 129 Å². The van der Waals surface area contributed by atoms with Gasteiger partial charge in [0, 0.05) is 13.2 Å². The normalized spacial score (nSPS) is 17.0. The molecule has 0 amide bonds.